The van der Waals surface area contributed by atoms with Gasteiger partial charge in [-0.2, -0.15) is 0 Å². The number of aromatic nitrogens is 2. The summed E-state index contributed by atoms with van der Waals surface area (Å²) in [7, 11) is 0. The fraction of sp³-hybridized carbons (Fsp3) is 0.438. The topological polar surface area (TPSA) is 66.9 Å². The van der Waals surface area contributed by atoms with Gasteiger partial charge in [0.05, 0.1) is 0 Å². The quantitative estimate of drug-likeness (QED) is 0.540. The van der Waals surface area contributed by atoms with E-state index in [4.69, 9.17) is 0 Å². The van der Waals surface area contributed by atoms with Gasteiger partial charge in [0, 0.05) is 15.2 Å². The Balaban J connectivity index is 1.58. The van der Waals surface area contributed by atoms with Crippen LogP contribution in [0, 0.1) is 3.57 Å². The average molecular weight is 442 g/mol. The van der Waals surface area contributed by atoms with E-state index in [1.807, 2.05) is 24.3 Å². The largest absolute Gasteiger partial charge is 0.357 e. The molecule has 1 amide bonds. The van der Waals surface area contributed by atoms with Gasteiger partial charge < -0.3 is 5.32 Å². The lowest BCUT2D eigenvalue weighted by atomic mass is 10.1. The number of nitrogens with one attached hydrogen (secondary N) is 2. The summed E-state index contributed by atoms with van der Waals surface area (Å²) >= 11 is 3.61. The van der Waals surface area contributed by atoms with Crippen LogP contribution in [-0.4, -0.2) is 22.1 Å². The smallest absolute Gasteiger partial charge is 0.257 e. The fourth-order valence-electron chi connectivity index (χ4n) is 2.70. The summed E-state index contributed by atoms with van der Waals surface area (Å²) in [4.78, 5) is 12.2. The molecule has 2 aromatic rings. The van der Waals surface area contributed by atoms with Crippen molar-refractivity contribution in [1.29, 1.82) is 0 Å². The molecule has 0 spiro atoms. The minimum Gasteiger partial charge on any atom is -0.357 e. The molecule has 1 aliphatic rings. The minimum atomic E-state index is -0.154. The number of nitrogens with zero attached hydrogens (tertiary/aromatic N) is 2. The summed E-state index contributed by atoms with van der Waals surface area (Å²) in [6.45, 7) is 0. The molecule has 23 heavy (non-hydrogen) atoms. The third-order valence-electron chi connectivity index (χ3n) is 3.93. The number of carbonyl (C=O) groups is 1. The van der Waals surface area contributed by atoms with E-state index in [-0.39, 0.29) is 5.91 Å². The van der Waals surface area contributed by atoms with Crippen LogP contribution in [0.25, 0.3) is 0 Å². The Morgan fingerprint density at radius 3 is 2.39 bits per heavy atom. The predicted octanol–water partition coefficient (Wildman–Crippen LogP) is 4.53. The molecule has 1 heterocycles. The Kier molecular flexibility index (Phi) is 5.82. The van der Waals surface area contributed by atoms with E-state index in [2.05, 4.69) is 43.4 Å². The SMILES string of the molecule is O=C(Nc1nnc(NC2CCCCCC2)s1)c1ccc(I)cc1. The Hall–Kier alpha value is -1.22. The molecule has 1 aliphatic carbocycles. The highest BCUT2D eigenvalue weighted by Gasteiger charge is 2.15. The number of carbonyl (C=O) groups excluding carboxylic acids is 1. The summed E-state index contributed by atoms with van der Waals surface area (Å²) in [5, 5.41) is 15.8. The Labute approximate surface area is 153 Å². The van der Waals surface area contributed by atoms with Crippen molar-refractivity contribution >= 4 is 50.1 Å². The molecule has 1 aromatic carbocycles. The van der Waals surface area contributed by atoms with Crippen molar-refractivity contribution < 1.29 is 4.79 Å². The molecule has 7 heteroatoms. The van der Waals surface area contributed by atoms with Crippen molar-refractivity contribution in [3.05, 3.63) is 33.4 Å². The van der Waals surface area contributed by atoms with Crippen LogP contribution in [0.3, 0.4) is 0 Å². The zero-order chi connectivity index (χ0) is 16.1. The standard InChI is InChI=1S/C16H19IN4OS/c17-12-9-7-11(8-10-12)14(22)19-16-21-20-15(23-16)18-13-5-3-1-2-4-6-13/h7-10,13H,1-6H2,(H,18,20)(H,19,21,22). The van der Waals surface area contributed by atoms with E-state index < -0.39 is 0 Å². The van der Waals surface area contributed by atoms with Crippen LogP contribution < -0.4 is 10.6 Å². The maximum atomic E-state index is 12.2. The van der Waals surface area contributed by atoms with Crippen LogP contribution in [-0.2, 0) is 0 Å². The molecule has 122 valence electrons. The van der Waals surface area contributed by atoms with Crippen molar-refractivity contribution in [2.75, 3.05) is 10.6 Å². The first-order valence-electron chi connectivity index (χ1n) is 7.88. The molecular formula is C16H19IN4OS. The van der Waals surface area contributed by atoms with Gasteiger partial charge in [0.1, 0.15) is 0 Å². The first-order chi connectivity index (χ1) is 11.2. The zero-order valence-corrected chi connectivity index (χ0v) is 15.7. The van der Waals surface area contributed by atoms with Crippen LogP contribution in [0.15, 0.2) is 24.3 Å². The van der Waals surface area contributed by atoms with Gasteiger partial charge in [0.25, 0.3) is 5.91 Å². The monoisotopic (exact) mass is 442 g/mol. The highest BCUT2D eigenvalue weighted by molar-refractivity contribution is 14.1. The van der Waals surface area contributed by atoms with Gasteiger partial charge in [0.15, 0.2) is 0 Å². The summed E-state index contributed by atoms with van der Waals surface area (Å²) in [6.07, 6.45) is 7.56. The Morgan fingerprint density at radius 1 is 1.04 bits per heavy atom. The molecule has 1 fully saturated rings. The second kappa shape index (κ2) is 8.05. The normalized spacial score (nSPS) is 15.9. The third kappa shape index (κ3) is 4.87. The lowest BCUT2D eigenvalue weighted by Gasteiger charge is -2.14. The molecule has 1 saturated carbocycles. The van der Waals surface area contributed by atoms with Crippen molar-refractivity contribution in [1.82, 2.24) is 10.2 Å². The molecule has 3 rings (SSSR count). The van der Waals surface area contributed by atoms with Crippen molar-refractivity contribution in [2.24, 2.45) is 0 Å². The molecule has 0 aliphatic heterocycles. The van der Waals surface area contributed by atoms with Crippen LogP contribution in [0.2, 0.25) is 0 Å². The lowest BCUT2D eigenvalue weighted by Crippen LogP contribution is -2.17. The molecule has 0 unspecified atom stereocenters. The van der Waals surface area contributed by atoms with Crippen LogP contribution in [0.5, 0.6) is 0 Å². The highest BCUT2D eigenvalue weighted by Crippen LogP contribution is 2.25. The maximum Gasteiger partial charge on any atom is 0.257 e. The molecule has 5 nitrogen and oxygen atoms in total. The summed E-state index contributed by atoms with van der Waals surface area (Å²) in [6, 6.07) is 7.92. The second-order valence-corrected chi connectivity index (χ2v) is 7.93. The number of anilines is 2. The molecule has 0 radical (unpaired) electrons. The number of amides is 1. The molecule has 0 atom stereocenters. The summed E-state index contributed by atoms with van der Waals surface area (Å²) < 4.78 is 1.10. The van der Waals surface area contributed by atoms with E-state index in [1.165, 1.54) is 49.9 Å². The maximum absolute atomic E-state index is 12.2. The van der Waals surface area contributed by atoms with Gasteiger partial charge in [-0.1, -0.05) is 37.0 Å². The lowest BCUT2D eigenvalue weighted by molar-refractivity contribution is 0.102. The molecular weight excluding hydrogens is 423 g/mol. The Morgan fingerprint density at radius 2 is 1.70 bits per heavy atom. The van der Waals surface area contributed by atoms with Gasteiger partial charge >= 0.3 is 0 Å². The molecule has 2 N–H and O–H groups in total. The minimum absolute atomic E-state index is 0.154. The molecule has 0 saturated heterocycles. The van der Waals surface area contributed by atoms with Crippen molar-refractivity contribution in [3.8, 4) is 0 Å². The summed E-state index contributed by atoms with van der Waals surface area (Å²) in [5.74, 6) is -0.154. The number of benzene rings is 1. The van der Waals surface area contributed by atoms with Gasteiger partial charge in [-0.25, -0.2) is 0 Å². The van der Waals surface area contributed by atoms with Gasteiger partial charge in [-0.15, -0.1) is 10.2 Å². The van der Waals surface area contributed by atoms with Gasteiger partial charge in [-0.3, -0.25) is 10.1 Å². The van der Waals surface area contributed by atoms with Crippen molar-refractivity contribution in [3.63, 3.8) is 0 Å². The van der Waals surface area contributed by atoms with E-state index in [9.17, 15) is 4.79 Å². The molecule has 1 aromatic heterocycles. The highest BCUT2D eigenvalue weighted by atomic mass is 127. The van der Waals surface area contributed by atoms with Crippen LogP contribution >= 0.6 is 33.9 Å². The van der Waals surface area contributed by atoms with E-state index in [0.717, 1.165) is 8.70 Å². The van der Waals surface area contributed by atoms with Crippen LogP contribution in [0.1, 0.15) is 48.9 Å². The van der Waals surface area contributed by atoms with E-state index >= 15 is 0 Å². The average Bonchev–Trinajstić information content (AvgIpc) is 2.81. The van der Waals surface area contributed by atoms with Gasteiger partial charge in [-0.05, 0) is 59.7 Å². The zero-order valence-electron chi connectivity index (χ0n) is 12.7. The first-order valence-corrected chi connectivity index (χ1v) is 9.77. The van der Waals surface area contributed by atoms with E-state index in [0.29, 0.717) is 16.7 Å². The number of hydrogen-bond donors (Lipinski definition) is 2. The fourth-order valence-corrected chi connectivity index (χ4v) is 3.78. The Bertz CT molecular complexity index is 650. The van der Waals surface area contributed by atoms with Crippen molar-refractivity contribution in [2.45, 2.75) is 44.6 Å². The van der Waals surface area contributed by atoms with E-state index in [1.54, 1.807) is 0 Å². The first kappa shape index (κ1) is 16.6. The number of rotatable bonds is 4. The molecule has 0 bridgehead atoms. The van der Waals surface area contributed by atoms with Crippen LogP contribution in [0.4, 0.5) is 10.3 Å². The number of halogens is 1. The third-order valence-corrected chi connectivity index (χ3v) is 5.42. The second-order valence-electron chi connectivity index (χ2n) is 5.71. The van der Waals surface area contributed by atoms with Gasteiger partial charge in [0.2, 0.25) is 10.3 Å². The summed E-state index contributed by atoms with van der Waals surface area (Å²) in [5.41, 5.74) is 0.624. The predicted molar refractivity (Wildman–Crippen MR) is 102 cm³/mol. The number of hydrogen-bond acceptors (Lipinski definition) is 5.